The number of benzene rings is 1. The summed E-state index contributed by atoms with van der Waals surface area (Å²) >= 11 is 0. The van der Waals surface area contributed by atoms with Crippen molar-refractivity contribution < 1.29 is 9.53 Å². The van der Waals surface area contributed by atoms with E-state index in [1.54, 1.807) is 27.2 Å². The zero-order valence-electron chi connectivity index (χ0n) is 11.2. The van der Waals surface area contributed by atoms with Crippen LogP contribution in [0.25, 0.3) is 10.8 Å². The van der Waals surface area contributed by atoms with Crippen LogP contribution in [0.2, 0.25) is 0 Å². The highest BCUT2D eigenvalue weighted by Crippen LogP contribution is 2.26. The number of amides is 1. The third-order valence-electron chi connectivity index (χ3n) is 3.02. The van der Waals surface area contributed by atoms with E-state index in [0.717, 1.165) is 16.5 Å². The number of nitrogens with zero attached hydrogens (tertiary/aromatic N) is 1. The lowest BCUT2D eigenvalue weighted by Crippen LogP contribution is -2.45. The molecule has 5 heteroatoms. The minimum absolute atomic E-state index is 0.431. The number of rotatable bonds is 4. The Labute approximate surface area is 111 Å². The normalized spacial score (nSPS) is 11.3. The Kier molecular flexibility index (Phi) is 3.29. The van der Waals surface area contributed by atoms with Gasteiger partial charge in [0.05, 0.1) is 7.11 Å². The van der Waals surface area contributed by atoms with Crippen LogP contribution in [0.5, 0.6) is 5.75 Å². The fourth-order valence-corrected chi connectivity index (χ4v) is 1.74. The summed E-state index contributed by atoms with van der Waals surface area (Å²) in [7, 11) is 1.62. The summed E-state index contributed by atoms with van der Waals surface area (Å²) in [5.41, 5.74) is 4.50. The topological polar surface area (TPSA) is 77.2 Å². The second kappa shape index (κ2) is 4.76. The summed E-state index contributed by atoms with van der Waals surface area (Å²) in [6.45, 7) is 3.44. The molecular formula is C14H17N3O2. The molecule has 0 aliphatic rings. The van der Waals surface area contributed by atoms with Crippen molar-refractivity contribution in [3.05, 3.63) is 30.5 Å². The van der Waals surface area contributed by atoms with E-state index < -0.39 is 11.4 Å². The number of fused-ring (bicyclic) bond motifs is 1. The summed E-state index contributed by atoms with van der Waals surface area (Å²) in [5.74, 6) is 0.975. The predicted octanol–water partition coefficient (Wildman–Crippen LogP) is 1.92. The molecule has 5 nitrogen and oxygen atoms in total. The van der Waals surface area contributed by atoms with Crippen LogP contribution in [-0.4, -0.2) is 23.5 Å². The molecule has 0 aliphatic heterocycles. The number of hydrogen-bond donors (Lipinski definition) is 2. The Bertz CT molecular complexity index is 623. The van der Waals surface area contributed by atoms with Crippen molar-refractivity contribution in [1.82, 2.24) is 4.98 Å². The van der Waals surface area contributed by atoms with Crippen molar-refractivity contribution in [1.29, 1.82) is 0 Å². The van der Waals surface area contributed by atoms with Gasteiger partial charge < -0.3 is 15.8 Å². The molecule has 100 valence electrons. The fourth-order valence-electron chi connectivity index (χ4n) is 1.74. The summed E-state index contributed by atoms with van der Waals surface area (Å²) < 4.78 is 5.19. The lowest BCUT2D eigenvalue weighted by molar-refractivity contribution is -0.121. The van der Waals surface area contributed by atoms with E-state index in [0.29, 0.717) is 5.82 Å². The summed E-state index contributed by atoms with van der Waals surface area (Å²) in [5, 5.41) is 4.97. The van der Waals surface area contributed by atoms with Crippen molar-refractivity contribution >= 4 is 22.5 Å². The number of carbonyl (C=O) groups is 1. The van der Waals surface area contributed by atoms with Crippen molar-refractivity contribution in [2.75, 3.05) is 12.4 Å². The van der Waals surface area contributed by atoms with Crippen molar-refractivity contribution in [3.63, 3.8) is 0 Å². The zero-order valence-corrected chi connectivity index (χ0v) is 11.2. The number of primary amides is 1. The SMILES string of the molecule is COc1ccc2c(NC(C)(C)C(N)=O)nccc2c1. The Morgan fingerprint density at radius 1 is 1.37 bits per heavy atom. The van der Waals surface area contributed by atoms with Gasteiger partial charge in [-0.2, -0.15) is 0 Å². The van der Waals surface area contributed by atoms with Gasteiger partial charge in [-0.3, -0.25) is 4.79 Å². The second-order valence-electron chi connectivity index (χ2n) is 4.86. The minimum atomic E-state index is -0.860. The molecule has 0 bridgehead atoms. The Morgan fingerprint density at radius 3 is 2.74 bits per heavy atom. The molecule has 0 unspecified atom stereocenters. The van der Waals surface area contributed by atoms with Gasteiger partial charge in [-0.05, 0) is 43.5 Å². The summed E-state index contributed by atoms with van der Waals surface area (Å²) in [4.78, 5) is 15.6. The number of carbonyl (C=O) groups excluding carboxylic acids is 1. The lowest BCUT2D eigenvalue weighted by Gasteiger charge is -2.23. The van der Waals surface area contributed by atoms with Gasteiger partial charge in [0, 0.05) is 11.6 Å². The molecule has 3 N–H and O–H groups in total. The Balaban J connectivity index is 2.47. The van der Waals surface area contributed by atoms with Crippen molar-refractivity contribution in [3.8, 4) is 5.75 Å². The molecule has 1 aromatic heterocycles. The molecule has 2 aromatic rings. The van der Waals surface area contributed by atoms with Crippen LogP contribution in [0.4, 0.5) is 5.82 Å². The first kappa shape index (κ1) is 13.1. The summed E-state index contributed by atoms with van der Waals surface area (Å²) in [6, 6.07) is 7.56. The number of nitrogens with one attached hydrogen (secondary N) is 1. The maximum absolute atomic E-state index is 11.4. The van der Waals surface area contributed by atoms with Crippen LogP contribution in [0.3, 0.4) is 0 Å². The number of nitrogens with two attached hydrogens (primary N) is 1. The monoisotopic (exact) mass is 259 g/mol. The van der Waals surface area contributed by atoms with E-state index in [-0.39, 0.29) is 0 Å². The third-order valence-corrected chi connectivity index (χ3v) is 3.02. The van der Waals surface area contributed by atoms with Gasteiger partial charge in [-0.1, -0.05) is 0 Å². The molecule has 1 heterocycles. The predicted molar refractivity (Wildman–Crippen MR) is 75.2 cm³/mol. The van der Waals surface area contributed by atoms with E-state index in [1.807, 2.05) is 24.3 Å². The highest BCUT2D eigenvalue weighted by atomic mass is 16.5. The van der Waals surface area contributed by atoms with Crippen LogP contribution in [-0.2, 0) is 4.79 Å². The smallest absolute Gasteiger partial charge is 0.242 e. The lowest BCUT2D eigenvalue weighted by atomic mass is 10.0. The Morgan fingerprint density at radius 2 is 2.11 bits per heavy atom. The molecule has 0 saturated carbocycles. The molecule has 1 amide bonds. The van der Waals surface area contributed by atoms with Crippen LogP contribution in [0.1, 0.15) is 13.8 Å². The highest BCUT2D eigenvalue weighted by Gasteiger charge is 2.25. The molecule has 0 saturated heterocycles. The molecule has 1 aromatic carbocycles. The number of anilines is 1. The number of ether oxygens (including phenoxy) is 1. The van der Waals surface area contributed by atoms with Gasteiger partial charge in [0.25, 0.3) is 0 Å². The standard InChI is InChI=1S/C14H17N3O2/c1-14(2,13(15)18)17-12-11-5-4-10(19-3)8-9(11)6-7-16-12/h4-8H,1-3H3,(H2,15,18)(H,16,17). The maximum atomic E-state index is 11.4. The van der Waals surface area contributed by atoms with Crippen molar-refractivity contribution in [2.24, 2.45) is 5.73 Å². The number of pyridine rings is 1. The summed E-state index contributed by atoms with van der Waals surface area (Å²) in [6.07, 6.45) is 1.68. The first-order valence-electron chi connectivity index (χ1n) is 5.95. The number of aromatic nitrogens is 1. The highest BCUT2D eigenvalue weighted by molar-refractivity contribution is 5.95. The van der Waals surface area contributed by atoms with E-state index in [1.165, 1.54) is 0 Å². The molecule has 2 rings (SSSR count). The fraction of sp³-hybridized carbons (Fsp3) is 0.286. The molecule has 0 radical (unpaired) electrons. The van der Waals surface area contributed by atoms with Crippen LogP contribution >= 0.6 is 0 Å². The van der Waals surface area contributed by atoms with E-state index in [4.69, 9.17) is 10.5 Å². The van der Waals surface area contributed by atoms with E-state index in [9.17, 15) is 4.79 Å². The van der Waals surface area contributed by atoms with Crippen LogP contribution < -0.4 is 15.8 Å². The van der Waals surface area contributed by atoms with E-state index >= 15 is 0 Å². The van der Waals surface area contributed by atoms with Gasteiger partial charge in [0.2, 0.25) is 5.91 Å². The molecular weight excluding hydrogens is 242 g/mol. The largest absolute Gasteiger partial charge is 0.497 e. The van der Waals surface area contributed by atoms with Gasteiger partial charge in [-0.25, -0.2) is 4.98 Å². The van der Waals surface area contributed by atoms with Gasteiger partial charge in [0.15, 0.2) is 0 Å². The third kappa shape index (κ3) is 2.59. The second-order valence-corrected chi connectivity index (χ2v) is 4.86. The maximum Gasteiger partial charge on any atom is 0.242 e. The molecule has 0 atom stereocenters. The molecule has 19 heavy (non-hydrogen) atoms. The average Bonchev–Trinajstić information content (AvgIpc) is 2.38. The molecule has 0 aliphatic carbocycles. The number of methoxy groups -OCH3 is 1. The van der Waals surface area contributed by atoms with Gasteiger partial charge in [0.1, 0.15) is 17.1 Å². The number of hydrogen-bond acceptors (Lipinski definition) is 4. The molecule has 0 fully saturated rings. The van der Waals surface area contributed by atoms with Crippen LogP contribution in [0.15, 0.2) is 30.5 Å². The Hall–Kier alpha value is -2.30. The quantitative estimate of drug-likeness (QED) is 0.879. The van der Waals surface area contributed by atoms with Gasteiger partial charge in [-0.15, -0.1) is 0 Å². The van der Waals surface area contributed by atoms with Gasteiger partial charge >= 0.3 is 0 Å². The molecule has 0 spiro atoms. The zero-order chi connectivity index (χ0) is 14.0. The minimum Gasteiger partial charge on any atom is -0.497 e. The van der Waals surface area contributed by atoms with Crippen LogP contribution in [0, 0.1) is 0 Å². The van der Waals surface area contributed by atoms with Crippen molar-refractivity contribution in [2.45, 2.75) is 19.4 Å². The average molecular weight is 259 g/mol. The van der Waals surface area contributed by atoms with E-state index in [2.05, 4.69) is 10.3 Å². The first-order chi connectivity index (χ1) is 8.94. The first-order valence-corrected chi connectivity index (χ1v) is 5.95.